The SMILES string of the molecule is CCC(C#N)(CC)C(=O)NCCCc1ncc[nH]1. The molecule has 0 fully saturated rings. The molecule has 1 aromatic heterocycles. The number of amides is 1. The fraction of sp³-hybridized carbons (Fsp3) is 0.615. The molecule has 1 heterocycles. The topological polar surface area (TPSA) is 81.6 Å². The van der Waals surface area contributed by atoms with Crippen LogP contribution in [0.25, 0.3) is 0 Å². The minimum atomic E-state index is -0.870. The first-order chi connectivity index (χ1) is 8.68. The number of carbonyl (C=O) groups is 1. The van der Waals surface area contributed by atoms with Gasteiger partial charge in [0.2, 0.25) is 5.91 Å². The second-order valence-corrected chi connectivity index (χ2v) is 4.30. The van der Waals surface area contributed by atoms with E-state index in [2.05, 4.69) is 21.4 Å². The van der Waals surface area contributed by atoms with E-state index in [4.69, 9.17) is 5.26 Å². The Morgan fingerprint density at radius 1 is 1.56 bits per heavy atom. The maximum Gasteiger partial charge on any atom is 0.240 e. The van der Waals surface area contributed by atoms with Gasteiger partial charge in [-0.2, -0.15) is 5.26 Å². The largest absolute Gasteiger partial charge is 0.355 e. The van der Waals surface area contributed by atoms with Crippen molar-refractivity contribution in [2.45, 2.75) is 39.5 Å². The van der Waals surface area contributed by atoms with Gasteiger partial charge in [0.25, 0.3) is 0 Å². The molecule has 1 aromatic rings. The van der Waals surface area contributed by atoms with E-state index >= 15 is 0 Å². The van der Waals surface area contributed by atoms with Gasteiger partial charge in [0.1, 0.15) is 11.2 Å². The van der Waals surface area contributed by atoms with Gasteiger partial charge in [-0.1, -0.05) is 13.8 Å². The summed E-state index contributed by atoms with van der Waals surface area (Å²) < 4.78 is 0. The maximum atomic E-state index is 12.0. The first-order valence-corrected chi connectivity index (χ1v) is 6.36. The number of imidazole rings is 1. The molecule has 0 aliphatic carbocycles. The average molecular weight is 248 g/mol. The number of nitrogens with one attached hydrogen (secondary N) is 2. The molecule has 5 heteroatoms. The molecular weight excluding hydrogens is 228 g/mol. The third-order valence-electron chi connectivity index (χ3n) is 3.29. The zero-order chi connectivity index (χ0) is 13.4. The van der Waals surface area contributed by atoms with Gasteiger partial charge in [0, 0.05) is 25.4 Å². The van der Waals surface area contributed by atoms with E-state index in [1.807, 2.05) is 13.8 Å². The van der Waals surface area contributed by atoms with Crippen molar-refractivity contribution in [3.63, 3.8) is 0 Å². The van der Waals surface area contributed by atoms with Crippen molar-refractivity contribution in [1.29, 1.82) is 5.26 Å². The van der Waals surface area contributed by atoms with Crippen LogP contribution in [0.2, 0.25) is 0 Å². The molecule has 0 spiro atoms. The van der Waals surface area contributed by atoms with Crippen LogP contribution in [0.1, 0.15) is 38.9 Å². The summed E-state index contributed by atoms with van der Waals surface area (Å²) in [5.74, 6) is 0.760. The number of nitriles is 1. The molecule has 0 radical (unpaired) electrons. The highest BCUT2D eigenvalue weighted by molar-refractivity contribution is 5.85. The molecule has 98 valence electrons. The Labute approximate surface area is 108 Å². The van der Waals surface area contributed by atoms with Crippen LogP contribution >= 0.6 is 0 Å². The summed E-state index contributed by atoms with van der Waals surface area (Å²) in [5.41, 5.74) is -0.870. The van der Waals surface area contributed by atoms with Crippen LogP contribution in [0.5, 0.6) is 0 Å². The van der Waals surface area contributed by atoms with Crippen LogP contribution in [0.4, 0.5) is 0 Å². The van der Waals surface area contributed by atoms with Crippen molar-refractivity contribution >= 4 is 5.91 Å². The molecule has 2 N–H and O–H groups in total. The van der Waals surface area contributed by atoms with Crippen LogP contribution in [-0.2, 0) is 11.2 Å². The summed E-state index contributed by atoms with van der Waals surface area (Å²) >= 11 is 0. The molecule has 0 aromatic carbocycles. The van der Waals surface area contributed by atoms with Gasteiger partial charge >= 0.3 is 0 Å². The number of aryl methyl sites for hydroxylation is 1. The number of hydrogen-bond donors (Lipinski definition) is 2. The predicted octanol–water partition coefficient (Wildman–Crippen LogP) is 1.79. The van der Waals surface area contributed by atoms with Gasteiger partial charge in [0.05, 0.1) is 6.07 Å². The second-order valence-electron chi connectivity index (χ2n) is 4.30. The lowest BCUT2D eigenvalue weighted by atomic mass is 9.83. The fourth-order valence-electron chi connectivity index (χ4n) is 1.84. The number of aromatic amines is 1. The van der Waals surface area contributed by atoms with Crippen LogP contribution in [-0.4, -0.2) is 22.4 Å². The average Bonchev–Trinajstić information content (AvgIpc) is 2.90. The molecule has 1 amide bonds. The number of rotatable bonds is 7. The van der Waals surface area contributed by atoms with Crippen LogP contribution in [0.15, 0.2) is 12.4 Å². The Balaban J connectivity index is 2.34. The first-order valence-electron chi connectivity index (χ1n) is 6.36. The van der Waals surface area contributed by atoms with Gasteiger partial charge in [-0.15, -0.1) is 0 Å². The van der Waals surface area contributed by atoms with Crippen LogP contribution in [0.3, 0.4) is 0 Å². The summed E-state index contributed by atoms with van der Waals surface area (Å²) in [5, 5.41) is 12.0. The van der Waals surface area contributed by atoms with Crippen molar-refractivity contribution in [1.82, 2.24) is 15.3 Å². The van der Waals surface area contributed by atoms with Gasteiger partial charge in [-0.05, 0) is 19.3 Å². The zero-order valence-electron chi connectivity index (χ0n) is 11.0. The minimum Gasteiger partial charge on any atom is -0.355 e. The lowest BCUT2D eigenvalue weighted by Gasteiger charge is -2.21. The summed E-state index contributed by atoms with van der Waals surface area (Å²) in [6, 6.07) is 2.14. The summed E-state index contributed by atoms with van der Waals surface area (Å²) in [6.07, 6.45) is 6.19. The van der Waals surface area contributed by atoms with E-state index < -0.39 is 5.41 Å². The third kappa shape index (κ3) is 3.33. The number of aromatic nitrogens is 2. The number of carbonyl (C=O) groups excluding carboxylic acids is 1. The number of hydrogen-bond acceptors (Lipinski definition) is 3. The van der Waals surface area contributed by atoms with Crippen molar-refractivity contribution in [2.24, 2.45) is 5.41 Å². The zero-order valence-corrected chi connectivity index (χ0v) is 11.0. The fourth-order valence-corrected chi connectivity index (χ4v) is 1.84. The lowest BCUT2D eigenvalue weighted by Crippen LogP contribution is -2.39. The summed E-state index contributed by atoms with van der Waals surface area (Å²) in [6.45, 7) is 4.31. The molecule has 0 unspecified atom stereocenters. The predicted molar refractivity (Wildman–Crippen MR) is 68.5 cm³/mol. The van der Waals surface area contributed by atoms with Crippen LogP contribution < -0.4 is 5.32 Å². The smallest absolute Gasteiger partial charge is 0.240 e. The minimum absolute atomic E-state index is 0.158. The molecule has 0 atom stereocenters. The van der Waals surface area contributed by atoms with Crippen molar-refractivity contribution in [2.75, 3.05) is 6.54 Å². The Kier molecular flexibility index (Phi) is 5.37. The summed E-state index contributed by atoms with van der Waals surface area (Å²) in [4.78, 5) is 19.1. The quantitative estimate of drug-likeness (QED) is 0.722. The van der Waals surface area contributed by atoms with Gasteiger partial charge < -0.3 is 10.3 Å². The third-order valence-corrected chi connectivity index (χ3v) is 3.29. The molecule has 0 aliphatic rings. The Bertz CT molecular complexity index is 401. The normalized spacial score (nSPS) is 10.9. The van der Waals surface area contributed by atoms with Gasteiger partial charge in [-0.25, -0.2) is 4.98 Å². The highest BCUT2D eigenvalue weighted by Gasteiger charge is 2.34. The Morgan fingerprint density at radius 2 is 2.28 bits per heavy atom. The van der Waals surface area contributed by atoms with E-state index in [0.29, 0.717) is 19.4 Å². The first kappa shape index (κ1) is 14.2. The van der Waals surface area contributed by atoms with E-state index in [-0.39, 0.29) is 5.91 Å². The molecule has 0 bridgehead atoms. The molecule has 0 saturated heterocycles. The highest BCUT2D eigenvalue weighted by atomic mass is 16.2. The maximum absolute atomic E-state index is 12.0. The van der Waals surface area contributed by atoms with E-state index in [0.717, 1.165) is 18.7 Å². The van der Waals surface area contributed by atoms with Crippen molar-refractivity contribution in [3.8, 4) is 6.07 Å². The molecule has 0 aliphatic heterocycles. The van der Waals surface area contributed by atoms with Gasteiger partial charge in [0.15, 0.2) is 0 Å². The monoisotopic (exact) mass is 248 g/mol. The molecule has 5 nitrogen and oxygen atoms in total. The summed E-state index contributed by atoms with van der Waals surface area (Å²) in [7, 11) is 0. The molecule has 18 heavy (non-hydrogen) atoms. The van der Waals surface area contributed by atoms with E-state index in [1.165, 1.54) is 0 Å². The molecular formula is C13H20N4O. The highest BCUT2D eigenvalue weighted by Crippen LogP contribution is 2.25. The Morgan fingerprint density at radius 3 is 2.78 bits per heavy atom. The van der Waals surface area contributed by atoms with E-state index in [9.17, 15) is 4.79 Å². The van der Waals surface area contributed by atoms with Gasteiger partial charge in [-0.3, -0.25) is 4.79 Å². The number of nitrogens with zero attached hydrogens (tertiary/aromatic N) is 2. The second kappa shape index (κ2) is 6.80. The van der Waals surface area contributed by atoms with Crippen molar-refractivity contribution < 1.29 is 4.79 Å². The van der Waals surface area contributed by atoms with E-state index in [1.54, 1.807) is 12.4 Å². The standard InChI is InChI=1S/C13H20N4O/c1-3-13(4-2,10-14)12(18)17-7-5-6-11-15-8-9-16-11/h8-9H,3-7H2,1-2H3,(H,15,16)(H,17,18). The van der Waals surface area contributed by atoms with Crippen LogP contribution in [0, 0.1) is 16.7 Å². The Hall–Kier alpha value is -1.83. The molecule has 1 rings (SSSR count). The lowest BCUT2D eigenvalue weighted by molar-refractivity contribution is -0.128. The molecule has 0 saturated carbocycles. The van der Waals surface area contributed by atoms with Crippen molar-refractivity contribution in [3.05, 3.63) is 18.2 Å². The number of H-pyrrole nitrogens is 1.